The molecule has 0 spiro atoms. The molecule has 0 bridgehead atoms. The molecule has 5 heteroatoms. The van der Waals surface area contributed by atoms with Gasteiger partial charge in [0.05, 0.1) is 4.92 Å². The highest BCUT2D eigenvalue weighted by atomic mass is 35.5. The van der Waals surface area contributed by atoms with Crippen LogP contribution in [0.3, 0.4) is 0 Å². The Hall–Kier alpha value is -2.46. The van der Waals surface area contributed by atoms with Gasteiger partial charge in [0.1, 0.15) is 5.02 Å². The minimum Gasteiger partial charge on any atom is -0.289 e. The van der Waals surface area contributed by atoms with E-state index < -0.39 is 4.92 Å². The smallest absolute Gasteiger partial charge is 0.288 e. The van der Waals surface area contributed by atoms with Gasteiger partial charge >= 0.3 is 0 Å². The van der Waals surface area contributed by atoms with Gasteiger partial charge in [0.2, 0.25) is 0 Å². The van der Waals surface area contributed by atoms with Gasteiger partial charge in [-0.15, -0.1) is 0 Å². The molecule has 0 saturated heterocycles. The Kier molecular flexibility index (Phi) is 4.24. The quantitative estimate of drug-likeness (QED) is 0.435. The molecular weight excluding hydrogens is 326 g/mol. The highest BCUT2D eigenvalue weighted by molar-refractivity contribution is 6.32. The van der Waals surface area contributed by atoms with Crippen molar-refractivity contribution in [1.29, 1.82) is 0 Å². The first-order valence-corrected chi connectivity index (χ1v) is 8.04. The maximum atomic E-state index is 12.8. The molecule has 1 aliphatic rings. The average molecular weight is 342 g/mol. The third kappa shape index (κ3) is 2.97. The van der Waals surface area contributed by atoms with Crippen LogP contribution in [0.4, 0.5) is 5.69 Å². The van der Waals surface area contributed by atoms with E-state index in [2.05, 4.69) is 6.07 Å². The van der Waals surface area contributed by atoms with E-state index >= 15 is 0 Å². The van der Waals surface area contributed by atoms with Gasteiger partial charge in [-0.05, 0) is 61.6 Å². The van der Waals surface area contributed by atoms with E-state index in [0.717, 1.165) is 28.7 Å². The Bertz CT molecular complexity index is 900. The first-order valence-electron chi connectivity index (χ1n) is 7.66. The summed E-state index contributed by atoms with van der Waals surface area (Å²) in [5, 5.41) is 11.1. The second-order valence-electron chi connectivity index (χ2n) is 6.07. The lowest BCUT2D eigenvalue weighted by atomic mass is 9.83. The molecule has 122 valence electrons. The fraction of sp³-hybridized carbons (Fsp3) is 0.211. The van der Waals surface area contributed by atoms with Gasteiger partial charge in [0, 0.05) is 17.2 Å². The lowest BCUT2D eigenvalue weighted by Crippen LogP contribution is -2.15. The highest BCUT2D eigenvalue weighted by Gasteiger charge is 2.23. The van der Waals surface area contributed by atoms with Crippen LogP contribution in [-0.4, -0.2) is 10.7 Å². The predicted molar refractivity (Wildman–Crippen MR) is 94.7 cm³/mol. The van der Waals surface area contributed by atoms with Crippen LogP contribution >= 0.6 is 11.6 Å². The summed E-state index contributed by atoms with van der Waals surface area (Å²) in [6.07, 6.45) is 3.16. The molecule has 0 amide bonds. The number of halogens is 1. The van der Waals surface area contributed by atoms with Gasteiger partial charge in [-0.3, -0.25) is 14.9 Å². The summed E-state index contributed by atoms with van der Waals surface area (Å²) in [5.74, 6) is 0.000605. The van der Waals surface area contributed by atoms with Crippen LogP contribution in [0.5, 0.6) is 0 Å². The number of rotatable bonds is 2. The molecule has 3 rings (SSSR count). The number of benzene rings is 2. The molecule has 0 atom stereocenters. The number of Topliss-reactive ketones (excluding diaryl/α,β-unsaturated/α-hetero) is 1. The summed E-state index contributed by atoms with van der Waals surface area (Å²) >= 11 is 5.84. The van der Waals surface area contributed by atoms with E-state index in [-0.39, 0.29) is 16.5 Å². The first kappa shape index (κ1) is 16.4. The summed E-state index contributed by atoms with van der Waals surface area (Å²) < 4.78 is 0. The molecule has 0 saturated carbocycles. The van der Waals surface area contributed by atoms with Crippen molar-refractivity contribution in [1.82, 2.24) is 0 Å². The molecule has 0 heterocycles. The molecule has 4 nitrogen and oxygen atoms in total. The number of fused-ring (bicyclic) bond motifs is 1. The second kappa shape index (κ2) is 6.21. The SMILES string of the molecule is Cc1cc(C)c2c(c1)C(=O)C(=Cc1ccc(Cl)c([N+](=O)[O-])c1)CC2. The molecule has 1 aliphatic carbocycles. The number of hydrogen-bond acceptors (Lipinski definition) is 3. The van der Waals surface area contributed by atoms with Crippen LogP contribution in [0.15, 0.2) is 35.9 Å². The Balaban J connectivity index is 2.02. The summed E-state index contributed by atoms with van der Waals surface area (Å²) in [6, 6.07) is 8.58. The minimum atomic E-state index is -0.519. The Morgan fingerprint density at radius 3 is 2.62 bits per heavy atom. The summed E-state index contributed by atoms with van der Waals surface area (Å²) in [4.78, 5) is 23.3. The van der Waals surface area contributed by atoms with Crippen LogP contribution < -0.4 is 0 Å². The molecule has 0 radical (unpaired) electrons. The van der Waals surface area contributed by atoms with Crippen molar-refractivity contribution in [3.05, 3.63) is 78.9 Å². The minimum absolute atomic E-state index is 0.000605. The Labute approximate surface area is 144 Å². The third-order valence-corrected chi connectivity index (χ3v) is 4.63. The van der Waals surface area contributed by atoms with Gasteiger partial charge in [-0.2, -0.15) is 0 Å². The van der Waals surface area contributed by atoms with Gasteiger partial charge in [-0.1, -0.05) is 29.3 Å². The van der Waals surface area contributed by atoms with Crippen LogP contribution in [0.2, 0.25) is 5.02 Å². The molecule has 0 N–H and O–H groups in total. The molecule has 0 aliphatic heterocycles. The van der Waals surface area contributed by atoms with Crippen molar-refractivity contribution < 1.29 is 9.72 Å². The zero-order valence-electron chi connectivity index (χ0n) is 13.4. The van der Waals surface area contributed by atoms with E-state index in [1.54, 1.807) is 12.1 Å². The van der Waals surface area contributed by atoms with Gasteiger partial charge in [-0.25, -0.2) is 0 Å². The third-order valence-electron chi connectivity index (χ3n) is 4.31. The maximum Gasteiger partial charge on any atom is 0.288 e. The van der Waals surface area contributed by atoms with E-state index in [1.165, 1.54) is 12.1 Å². The molecule has 2 aromatic rings. The zero-order chi connectivity index (χ0) is 17.4. The van der Waals surface area contributed by atoms with Gasteiger partial charge < -0.3 is 0 Å². The molecule has 0 unspecified atom stereocenters. The van der Waals surface area contributed by atoms with Crippen molar-refractivity contribution in [3.8, 4) is 0 Å². The Morgan fingerprint density at radius 1 is 1.17 bits per heavy atom. The van der Waals surface area contributed by atoms with Crippen molar-refractivity contribution in [2.75, 3.05) is 0 Å². The summed E-state index contributed by atoms with van der Waals surface area (Å²) in [7, 11) is 0. The van der Waals surface area contributed by atoms with Crippen molar-refractivity contribution in [2.24, 2.45) is 0 Å². The maximum absolute atomic E-state index is 12.8. The Morgan fingerprint density at radius 2 is 1.92 bits per heavy atom. The molecule has 0 fully saturated rings. The van der Waals surface area contributed by atoms with E-state index in [1.807, 2.05) is 19.9 Å². The highest BCUT2D eigenvalue weighted by Crippen LogP contribution is 2.31. The molecular formula is C19H16ClNO3. The topological polar surface area (TPSA) is 60.2 Å². The summed E-state index contributed by atoms with van der Waals surface area (Å²) in [6.45, 7) is 4.00. The van der Waals surface area contributed by atoms with Crippen molar-refractivity contribution in [2.45, 2.75) is 26.7 Å². The van der Waals surface area contributed by atoms with Crippen LogP contribution in [0, 0.1) is 24.0 Å². The number of ketones is 1. The lowest BCUT2D eigenvalue weighted by molar-refractivity contribution is -0.384. The fourth-order valence-electron chi connectivity index (χ4n) is 3.18. The monoisotopic (exact) mass is 341 g/mol. The van der Waals surface area contributed by atoms with Crippen LogP contribution in [0.25, 0.3) is 6.08 Å². The molecule has 0 aromatic heterocycles. The van der Waals surface area contributed by atoms with E-state index in [4.69, 9.17) is 11.6 Å². The number of nitro benzene ring substituents is 1. The van der Waals surface area contributed by atoms with E-state index in [0.29, 0.717) is 17.6 Å². The average Bonchev–Trinajstić information content (AvgIpc) is 2.52. The first-order chi connectivity index (χ1) is 11.4. The number of carbonyl (C=O) groups excluding carboxylic acids is 1. The number of nitro groups is 1. The number of aryl methyl sites for hydroxylation is 2. The normalized spacial score (nSPS) is 15.5. The predicted octanol–water partition coefficient (Wildman–Crippen LogP) is 5.08. The van der Waals surface area contributed by atoms with Gasteiger partial charge in [0.25, 0.3) is 5.69 Å². The molecule has 24 heavy (non-hydrogen) atoms. The van der Waals surface area contributed by atoms with E-state index in [9.17, 15) is 14.9 Å². The van der Waals surface area contributed by atoms with Crippen LogP contribution in [-0.2, 0) is 6.42 Å². The largest absolute Gasteiger partial charge is 0.289 e. The number of carbonyl (C=O) groups is 1. The van der Waals surface area contributed by atoms with Crippen LogP contribution in [0.1, 0.15) is 39.0 Å². The number of allylic oxidation sites excluding steroid dienone is 1. The summed E-state index contributed by atoms with van der Waals surface area (Å²) in [5.41, 5.74) is 5.17. The zero-order valence-corrected chi connectivity index (χ0v) is 14.2. The second-order valence-corrected chi connectivity index (χ2v) is 6.48. The van der Waals surface area contributed by atoms with Gasteiger partial charge in [0.15, 0.2) is 5.78 Å². The number of hydrogen-bond donors (Lipinski definition) is 0. The van der Waals surface area contributed by atoms with Crippen molar-refractivity contribution in [3.63, 3.8) is 0 Å². The fourth-order valence-corrected chi connectivity index (χ4v) is 3.36. The number of nitrogens with zero attached hydrogens (tertiary/aromatic N) is 1. The lowest BCUT2D eigenvalue weighted by Gasteiger charge is -2.20. The molecule has 2 aromatic carbocycles. The standard InChI is InChI=1S/C19H16ClNO3/c1-11-7-12(2)15-5-4-14(19(22)16(15)8-11)9-13-3-6-17(20)18(10-13)21(23)24/h3,6-10H,4-5H2,1-2H3. The van der Waals surface area contributed by atoms with Crippen molar-refractivity contribution >= 4 is 29.1 Å².